The van der Waals surface area contributed by atoms with E-state index in [2.05, 4.69) is 52.2 Å². The number of carbonyl (C=O) groups excluding carboxylic acids is 6. The summed E-state index contributed by atoms with van der Waals surface area (Å²) in [5, 5.41) is 40.2. The van der Waals surface area contributed by atoms with E-state index in [-0.39, 0.29) is 38.3 Å². The van der Waals surface area contributed by atoms with Crippen LogP contribution in [0.1, 0.15) is 492 Å². The van der Waals surface area contributed by atoms with Crippen molar-refractivity contribution in [3.63, 3.8) is 0 Å². The number of esters is 4. The van der Waals surface area contributed by atoms with Gasteiger partial charge in [-0.2, -0.15) is 0 Å². The number of aliphatic hydroxyl groups is 3. The maximum Gasteiger partial charge on any atom is 0.469 e. The highest BCUT2D eigenvalue weighted by molar-refractivity contribution is 7.46. The second kappa shape index (κ2) is 80.5. The summed E-state index contributed by atoms with van der Waals surface area (Å²) in [4.78, 5) is 105. The van der Waals surface area contributed by atoms with E-state index in [0.717, 1.165) is 180 Å². The molecule has 119 heavy (non-hydrogen) atoms. The van der Waals surface area contributed by atoms with Gasteiger partial charge in [-0.05, 0) is 64.7 Å². The van der Waals surface area contributed by atoms with Crippen molar-refractivity contribution < 1.29 is 96.1 Å². The molecule has 1 aliphatic rings. The molecule has 1 saturated heterocycles. The highest BCUT2D eigenvalue weighted by Crippen LogP contribution is 2.39. The molecule has 0 radical (unpaired) electrons. The van der Waals surface area contributed by atoms with Crippen LogP contribution >= 0.6 is 7.82 Å². The Morgan fingerprint density at radius 2 is 0.664 bits per heavy atom. The van der Waals surface area contributed by atoms with Gasteiger partial charge in [0.15, 0.2) is 0 Å². The number of rotatable bonds is 88. The van der Waals surface area contributed by atoms with Gasteiger partial charge in [-0.3, -0.25) is 33.3 Å². The number of hydrogen-bond donors (Lipinski definition) is 7. The molecule has 5 unspecified atom stereocenters. The van der Waals surface area contributed by atoms with Crippen molar-refractivity contribution in [3.05, 3.63) is 0 Å². The van der Waals surface area contributed by atoms with Crippen molar-refractivity contribution in [2.75, 3.05) is 19.8 Å². The highest BCUT2D eigenvalue weighted by atomic mass is 31.2. The number of phosphoric acid groups is 1. The van der Waals surface area contributed by atoms with Gasteiger partial charge in [0, 0.05) is 19.3 Å². The lowest BCUT2D eigenvalue weighted by atomic mass is 9.98. The molecule has 22 nitrogen and oxygen atoms in total. The highest BCUT2D eigenvalue weighted by Gasteiger charge is 2.42. The second-order valence-corrected chi connectivity index (χ2v) is 36.2. The number of amides is 2. The topological polar surface area (TPSA) is 319 Å². The van der Waals surface area contributed by atoms with E-state index in [4.69, 9.17) is 37.7 Å². The Bertz CT molecular complexity index is 2420. The Hall–Kier alpha value is -3.31. The third-order valence-corrected chi connectivity index (χ3v) is 24.1. The first-order valence-corrected chi connectivity index (χ1v) is 51.2. The minimum absolute atomic E-state index is 0.150. The summed E-state index contributed by atoms with van der Waals surface area (Å²) in [6.45, 7) is 12.5. The van der Waals surface area contributed by atoms with Crippen LogP contribution in [0.2, 0.25) is 0 Å². The molecule has 23 heteroatoms. The number of phosphoric ester groups is 1. The van der Waals surface area contributed by atoms with Crippen LogP contribution in [-0.2, 0) is 71.0 Å². The lowest BCUT2D eigenvalue weighted by Gasteiger charge is -2.39. The van der Waals surface area contributed by atoms with Crippen molar-refractivity contribution >= 4 is 43.5 Å². The van der Waals surface area contributed by atoms with Gasteiger partial charge in [-0.1, -0.05) is 388 Å². The molecule has 0 saturated carbocycles. The molecule has 7 N–H and O–H groups in total. The largest absolute Gasteiger partial charge is 0.469 e. The fourth-order valence-corrected chi connectivity index (χ4v) is 16.5. The van der Waals surface area contributed by atoms with E-state index in [1.54, 1.807) is 0 Å². The third-order valence-electron chi connectivity index (χ3n) is 23.5. The Balaban J connectivity index is 3.75. The smallest absolute Gasteiger partial charge is 0.462 e. The molecule has 1 rings (SSSR count). The maximum atomic E-state index is 14.9. The van der Waals surface area contributed by atoms with E-state index in [1.165, 1.54) is 180 Å². The summed E-state index contributed by atoms with van der Waals surface area (Å²) in [5.41, 5.74) is 0. The van der Waals surface area contributed by atoms with Crippen molar-refractivity contribution in [3.8, 4) is 0 Å². The zero-order valence-electron chi connectivity index (χ0n) is 77.1. The fourth-order valence-electron chi connectivity index (χ4n) is 15.9. The first kappa shape index (κ1) is 114. The molecule has 1 heterocycles. The van der Waals surface area contributed by atoms with Gasteiger partial charge in [0.2, 0.25) is 24.3 Å². The molecule has 2 amide bonds. The van der Waals surface area contributed by atoms with Crippen LogP contribution in [0.4, 0.5) is 0 Å². The Labute approximate surface area is 725 Å². The summed E-state index contributed by atoms with van der Waals surface area (Å²) in [6, 6.07) is -1.15. The zero-order chi connectivity index (χ0) is 87.3. The minimum Gasteiger partial charge on any atom is -0.462 e. The maximum absolute atomic E-state index is 14.9. The summed E-state index contributed by atoms with van der Waals surface area (Å²) >= 11 is 0. The second-order valence-electron chi connectivity index (χ2n) is 35.0. The minimum atomic E-state index is -5.25. The van der Waals surface area contributed by atoms with E-state index >= 15 is 0 Å². The van der Waals surface area contributed by atoms with E-state index in [0.29, 0.717) is 51.4 Å². The molecule has 0 spiro atoms. The van der Waals surface area contributed by atoms with Crippen molar-refractivity contribution in [1.29, 1.82) is 0 Å². The summed E-state index contributed by atoms with van der Waals surface area (Å²) in [6.07, 6.45) is 51.3. The van der Waals surface area contributed by atoms with Gasteiger partial charge < -0.3 is 68.9 Å². The molecule has 0 aliphatic carbocycles. The van der Waals surface area contributed by atoms with Crippen LogP contribution in [0.5, 0.6) is 0 Å². The molecule has 0 aromatic carbocycles. The van der Waals surface area contributed by atoms with Crippen molar-refractivity contribution in [1.82, 2.24) is 10.6 Å². The predicted molar refractivity (Wildman–Crippen MR) is 478 cm³/mol. The van der Waals surface area contributed by atoms with Gasteiger partial charge in [-0.25, -0.2) is 4.57 Å². The molecule has 0 aromatic rings. The number of aliphatic hydroxyl groups excluding tert-OH is 3. The van der Waals surface area contributed by atoms with Gasteiger partial charge in [0.25, 0.3) is 0 Å². The predicted octanol–water partition coefficient (Wildman–Crippen LogP) is 23.6. The van der Waals surface area contributed by atoms with Gasteiger partial charge in [0.05, 0.1) is 51.2 Å². The van der Waals surface area contributed by atoms with Gasteiger partial charge in [-0.15, -0.1) is 0 Å². The van der Waals surface area contributed by atoms with Crippen molar-refractivity contribution in [2.45, 2.75) is 559 Å². The normalized spacial score (nSPS) is 16.8. The van der Waals surface area contributed by atoms with Crippen LogP contribution in [-0.4, -0.2) is 148 Å². The van der Waals surface area contributed by atoms with Crippen molar-refractivity contribution in [2.24, 2.45) is 0 Å². The van der Waals surface area contributed by atoms with Crippen LogP contribution in [0, 0.1) is 0 Å². The van der Waals surface area contributed by atoms with Gasteiger partial charge in [0.1, 0.15) is 42.7 Å². The van der Waals surface area contributed by atoms with Gasteiger partial charge >= 0.3 is 31.7 Å². The molecular formula is C96H183N2O20P. The van der Waals surface area contributed by atoms with E-state index in [9.17, 15) is 58.4 Å². The molecule has 0 aromatic heterocycles. The first-order valence-electron chi connectivity index (χ1n) is 49.7. The SMILES string of the molecule is CCCCCCCCCCCCCCCC(=O)O[C@H](CCCCCCCCCCC)CC(=O)N[C@@H]1COC(COC(OC(CO)[C@H](C)OP(=O)(O)O)[C@@H](NC(=O)C[C@@H](CCCCCCCCCCC)OC(=O)CCCCCCCCCCC)OC(=O)C[C@@H](CCCCCCCCCCC)OC(=O)CCCCCCCCCCCCC)C(O)C1O. The van der Waals surface area contributed by atoms with E-state index < -0.39 is 131 Å². The first-order chi connectivity index (χ1) is 57.7. The lowest BCUT2D eigenvalue weighted by molar-refractivity contribution is -0.263. The lowest BCUT2D eigenvalue weighted by Crippen LogP contribution is -2.61. The Morgan fingerprint density at radius 1 is 0.378 bits per heavy atom. The molecule has 0 bridgehead atoms. The van der Waals surface area contributed by atoms with Crippen LogP contribution < -0.4 is 10.6 Å². The number of carbonyl (C=O) groups is 6. The van der Waals surface area contributed by atoms with Crippen LogP contribution in [0.3, 0.4) is 0 Å². The number of ether oxygens (including phenoxy) is 7. The Morgan fingerprint density at radius 3 is 0.966 bits per heavy atom. The summed E-state index contributed by atoms with van der Waals surface area (Å²) < 4.78 is 60.7. The van der Waals surface area contributed by atoms with Crippen LogP contribution in [0.15, 0.2) is 0 Å². The number of nitrogens with one attached hydrogen (secondary N) is 2. The quantitative estimate of drug-likeness (QED) is 0.00978. The molecule has 1 fully saturated rings. The zero-order valence-corrected chi connectivity index (χ0v) is 78.0. The standard InChI is InChI=1S/C96H183N2O20P/c1-8-14-20-26-32-38-40-41-43-49-55-60-66-71-89(102)113-81(68-62-56-50-44-34-28-22-16-10-3)74-87(100)97-84-78-111-86(94(107)93(84)106)79-112-96(116-85(77-99)80(7)118-119(108,109)110)95(98-88(101)75-82(69-63-57-51-45-35-29-23-17-11-4)114-90(103)72-65-59-53-47-37-31-25-19-13-6)117-92(105)76-83(70-64-58-52-46-36-30-24-18-12-5)115-91(104)73-67-61-54-48-42-39-33-27-21-15-9-2/h80-86,93-96,99,106-107H,8-79H2,1-7H3,(H,97,100)(H,98,101)(H2,108,109,110)/t80-,81+,82+,83+,84+,85?,86?,93?,94?,95-,96?/m0/s1. The fraction of sp³-hybridized carbons (Fsp3) is 0.938. The van der Waals surface area contributed by atoms with E-state index in [1.807, 2.05) is 0 Å². The monoisotopic (exact) mass is 1720 g/mol. The number of hydrogen-bond acceptors (Lipinski definition) is 18. The molecule has 1 aliphatic heterocycles. The molecule has 11 atom stereocenters. The third kappa shape index (κ3) is 68.6. The summed E-state index contributed by atoms with van der Waals surface area (Å²) in [7, 11) is -5.25. The molecule has 702 valence electrons. The molecular weight excluding hydrogens is 1530 g/mol. The summed E-state index contributed by atoms with van der Waals surface area (Å²) in [5.74, 6) is -3.53. The average molecular weight is 1720 g/mol. The van der Waals surface area contributed by atoms with Crippen LogP contribution in [0.25, 0.3) is 0 Å². The number of unbranched alkanes of at least 4 members (excludes halogenated alkanes) is 54. The average Bonchev–Trinajstić information content (AvgIpc) is 0.837. The Kier molecular flexibility index (Phi) is 76.9.